The van der Waals surface area contributed by atoms with Crippen molar-refractivity contribution in [2.24, 2.45) is 0 Å². The number of alkyl halides is 2. The average Bonchev–Trinajstić information content (AvgIpc) is 2.17. The molecule has 1 rings (SSSR count). The molecule has 76 valence electrons. The first-order valence-electron chi connectivity index (χ1n) is 4.19. The van der Waals surface area contributed by atoms with Crippen LogP contribution in [-0.2, 0) is 17.1 Å². The van der Waals surface area contributed by atoms with Crippen LogP contribution >= 0.6 is 0 Å². The second-order valence-electron chi connectivity index (χ2n) is 2.93. The van der Waals surface area contributed by atoms with Crippen molar-refractivity contribution in [3.8, 4) is 0 Å². The lowest BCUT2D eigenvalue weighted by molar-refractivity contribution is -0.166. The van der Waals surface area contributed by atoms with E-state index in [0.717, 1.165) is 24.1 Å². The second-order valence-corrected chi connectivity index (χ2v) is 2.93. The first-order chi connectivity index (χ1) is 6.48. The molecule has 0 fully saturated rings. The second kappa shape index (κ2) is 3.74. The summed E-state index contributed by atoms with van der Waals surface area (Å²) in [4.78, 5) is 10.2. The number of benzene rings is 1. The molecule has 1 N–H and O–H groups in total. The molecule has 0 aliphatic rings. The number of hydrogen-bond donors (Lipinski definition) is 1. The third kappa shape index (κ3) is 1.89. The highest BCUT2D eigenvalue weighted by atomic mass is 19.3. The molecule has 1 aromatic rings. The third-order valence-corrected chi connectivity index (χ3v) is 1.99. The molecule has 0 bridgehead atoms. The Morgan fingerprint density at radius 1 is 1.36 bits per heavy atom. The maximum atomic E-state index is 12.9. The van der Waals surface area contributed by atoms with Crippen LogP contribution in [0.15, 0.2) is 24.3 Å². The van der Waals surface area contributed by atoms with Gasteiger partial charge in [-0.2, -0.15) is 8.78 Å². The van der Waals surface area contributed by atoms with Crippen LogP contribution in [0.25, 0.3) is 0 Å². The van der Waals surface area contributed by atoms with Gasteiger partial charge in [-0.3, -0.25) is 0 Å². The number of carboxylic acids is 1. The van der Waals surface area contributed by atoms with Crippen LogP contribution in [-0.4, -0.2) is 11.1 Å². The van der Waals surface area contributed by atoms with Crippen molar-refractivity contribution in [2.75, 3.05) is 0 Å². The lowest BCUT2D eigenvalue weighted by atomic mass is 10.1. The molecule has 0 aromatic heterocycles. The van der Waals surface area contributed by atoms with Gasteiger partial charge in [-0.05, 0) is 12.0 Å². The van der Waals surface area contributed by atoms with Crippen LogP contribution in [0.3, 0.4) is 0 Å². The monoisotopic (exact) mass is 200 g/mol. The van der Waals surface area contributed by atoms with E-state index in [4.69, 9.17) is 5.11 Å². The summed E-state index contributed by atoms with van der Waals surface area (Å²) in [6.45, 7) is 1.89. The van der Waals surface area contributed by atoms with Gasteiger partial charge in [-0.15, -0.1) is 0 Å². The number of aryl methyl sites for hydroxylation is 1. The van der Waals surface area contributed by atoms with Crippen molar-refractivity contribution in [1.29, 1.82) is 0 Å². The van der Waals surface area contributed by atoms with Gasteiger partial charge in [0.1, 0.15) is 0 Å². The molecule has 0 aliphatic carbocycles. The van der Waals surface area contributed by atoms with Crippen molar-refractivity contribution in [1.82, 2.24) is 0 Å². The number of rotatable bonds is 3. The van der Waals surface area contributed by atoms with Crippen LogP contribution in [0.4, 0.5) is 8.78 Å². The predicted molar refractivity (Wildman–Crippen MR) is 47.3 cm³/mol. The van der Waals surface area contributed by atoms with Crippen molar-refractivity contribution >= 4 is 5.97 Å². The van der Waals surface area contributed by atoms with Gasteiger partial charge in [0.2, 0.25) is 0 Å². The number of hydrogen-bond acceptors (Lipinski definition) is 1. The van der Waals surface area contributed by atoms with Crippen molar-refractivity contribution < 1.29 is 18.7 Å². The summed E-state index contributed by atoms with van der Waals surface area (Å²) in [6.07, 6.45) is 0.735. The van der Waals surface area contributed by atoms with E-state index in [1.807, 2.05) is 6.92 Å². The van der Waals surface area contributed by atoms with E-state index in [-0.39, 0.29) is 0 Å². The topological polar surface area (TPSA) is 37.3 Å². The summed E-state index contributed by atoms with van der Waals surface area (Å²) < 4.78 is 25.8. The van der Waals surface area contributed by atoms with Gasteiger partial charge in [0.05, 0.1) is 0 Å². The molecular formula is C10H10F2O2. The number of aliphatic carboxylic acids is 1. The third-order valence-electron chi connectivity index (χ3n) is 1.99. The van der Waals surface area contributed by atoms with Crippen LogP contribution in [0, 0.1) is 0 Å². The zero-order valence-electron chi connectivity index (χ0n) is 7.63. The maximum absolute atomic E-state index is 12.9. The number of halogens is 2. The minimum absolute atomic E-state index is 0.484. The smallest absolute Gasteiger partial charge is 0.379 e. The van der Waals surface area contributed by atoms with E-state index in [9.17, 15) is 13.6 Å². The molecule has 14 heavy (non-hydrogen) atoms. The van der Waals surface area contributed by atoms with Crippen LogP contribution in [0.5, 0.6) is 0 Å². The number of carbonyl (C=O) groups is 1. The lowest BCUT2D eigenvalue weighted by Crippen LogP contribution is -2.25. The number of carboxylic acid groups (broad SMARTS) is 1. The lowest BCUT2D eigenvalue weighted by Gasteiger charge is -2.11. The minimum Gasteiger partial charge on any atom is -0.477 e. The zero-order valence-corrected chi connectivity index (χ0v) is 7.63. The molecule has 0 aliphatic heterocycles. The first kappa shape index (κ1) is 10.6. The zero-order chi connectivity index (χ0) is 10.8. The van der Waals surface area contributed by atoms with Gasteiger partial charge in [-0.25, -0.2) is 4.79 Å². The van der Waals surface area contributed by atoms with Gasteiger partial charge in [0.25, 0.3) is 0 Å². The first-order valence-corrected chi connectivity index (χ1v) is 4.19. The van der Waals surface area contributed by atoms with Gasteiger partial charge in [-0.1, -0.05) is 31.2 Å². The summed E-state index contributed by atoms with van der Waals surface area (Å²) >= 11 is 0. The van der Waals surface area contributed by atoms with Crippen molar-refractivity contribution in [3.63, 3.8) is 0 Å². The van der Waals surface area contributed by atoms with E-state index in [1.54, 1.807) is 0 Å². The summed E-state index contributed by atoms with van der Waals surface area (Å²) in [5, 5.41) is 8.27. The largest absolute Gasteiger partial charge is 0.477 e. The molecule has 0 radical (unpaired) electrons. The molecule has 0 atom stereocenters. The van der Waals surface area contributed by atoms with Crippen LogP contribution < -0.4 is 0 Å². The molecule has 0 heterocycles. The van der Waals surface area contributed by atoms with Crippen molar-refractivity contribution in [3.05, 3.63) is 35.4 Å². The molecule has 0 saturated heterocycles. The van der Waals surface area contributed by atoms with E-state index < -0.39 is 17.5 Å². The Bertz CT molecular complexity index is 330. The quantitative estimate of drug-likeness (QED) is 0.813. The molecular weight excluding hydrogens is 190 g/mol. The summed E-state index contributed by atoms with van der Waals surface area (Å²) in [5.41, 5.74) is 0.414. The Balaban J connectivity index is 3.02. The SMILES string of the molecule is CCc1ccc(C(F)(F)C(=O)O)cc1. The molecule has 0 saturated carbocycles. The highest BCUT2D eigenvalue weighted by molar-refractivity contribution is 5.77. The predicted octanol–water partition coefficient (Wildman–Crippen LogP) is 2.43. The fourth-order valence-corrected chi connectivity index (χ4v) is 1.07. The molecule has 0 unspecified atom stereocenters. The Morgan fingerprint density at radius 2 is 1.86 bits per heavy atom. The van der Waals surface area contributed by atoms with Gasteiger partial charge in [0, 0.05) is 5.56 Å². The Labute approximate surface area is 80.2 Å². The van der Waals surface area contributed by atoms with Crippen LogP contribution in [0.2, 0.25) is 0 Å². The average molecular weight is 200 g/mol. The summed E-state index contributed by atoms with van der Waals surface area (Å²) in [7, 11) is 0. The Kier molecular flexibility index (Phi) is 2.84. The van der Waals surface area contributed by atoms with Crippen molar-refractivity contribution in [2.45, 2.75) is 19.3 Å². The fourth-order valence-electron chi connectivity index (χ4n) is 1.07. The molecule has 2 nitrogen and oxygen atoms in total. The van der Waals surface area contributed by atoms with E-state index >= 15 is 0 Å². The van der Waals surface area contributed by atoms with Crippen LogP contribution in [0.1, 0.15) is 18.1 Å². The van der Waals surface area contributed by atoms with E-state index in [0.29, 0.717) is 0 Å². The minimum atomic E-state index is -3.80. The molecule has 4 heteroatoms. The maximum Gasteiger partial charge on any atom is 0.379 e. The summed E-state index contributed by atoms with van der Waals surface area (Å²) in [5.74, 6) is -5.92. The standard InChI is InChI=1S/C10H10F2O2/c1-2-7-3-5-8(6-4-7)10(11,12)9(13)14/h3-6H,2H2,1H3,(H,13,14). The summed E-state index contributed by atoms with van der Waals surface area (Å²) in [6, 6.07) is 5.30. The molecule has 0 amide bonds. The van der Waals surface area contributed by atoms with E-state index in [1.165, 1.54) is 12.1 Å². The highest BCUT2D eigenvalue weighted by Crippen LogP contribution is 2.28. The molecule has 0 spiro atoms. The normalized spacial score (nSPS) is 11.4. The Morgan fingerprint density at radius 3 is 2.21 bits per heavy atom. The Hall–Kier alpha value is -1.45. The highest BCUT2D eigenvalue weighted by Gasteiger charge is 2.40. The van der Waals surface area contributed by atoms with Gasteiger partial charge < -0.3 is 5.11 Å². The van der Waals surface area contributed by atoms with E-state index in [2.05, 4.69) is 0 Å². The van der Waals surface area contributed by atoms with Gasteiger partial charge in [0.15, 0.2) is 0 Å². The molecule has 1 aromatic carbocycles. The fraction of sp³-hybridized carbons (Fsp3) is 0.300. The van der Waals surface area contributed by atoms with Gasteiger partial charge >= 0.3 is 11.9 Å².